The number of carbonyl (C=O) groups is 1. The fraction of sp³-hybridized carbons (Fsp3) is 0.143. The van der Waals surface area contributed by atoms with Crippen LogP contribution in [-0.2, 0) is 7.05 Å². The standard InChI is InChI=1S/C14H13N3O3/c1-10-13(8-12(17(19)20)9-16(10)2)15-14(18)11-6-4-3-5-7-11/h3-9H,1-2H3/p+1. The minimum absolute atomic E-state index is 0.0681. The zero-order chi connectivity index (χ0) is 14.7. The van der Waals surface area contributed by atoms with Crippen molar-refractivity contribution in [1.82, 2.24) is 0 Å². The van der Waals surface area contributed by atoms with Crippen LogP contribution in [-0.4, -0.2) is 10.8 Å². The van der Waals surface area contributed by atoms with E-state index in [0.717, 1.165) is 5.69 Å². The molecule has 20 heavy (non-hydrogen) atoms. The van der Waals surface area contributed by atoms with Crippen molar-refractivity contribution in [2.45, 2.75) is 6.92 Å². The third-order valence-corrected chi connectivity index (χ3v) is 3.03. The highest BCUT2D eigenvalue weighted by atomic mass is 16.6. The molecule has 2 rings (SSSR count). The van der Waals surface area contributed by atoms with Gasteiger partial charge >= 0.3 is 5.69 Å². The molecule has 6 nitrogen and oxygen atoms in total. The third kappa shape index (κ3) is 2.80. The van der Waals surface area contributed by atoms with Gasteiger partial charge in [-0.3, -0.25) is 14.9 Å². The predicted molar refractivity (Wildman–Crippen MR) is 73.4 cm³/mol. The first-order valence-electron chi connectivity index (χ1n) is 6.00. The maximum atomic E-state index is 12.1. The smallest absolute Gasteiger partial charge is 0.317 e. The Morgan fingerprint density at radius 2 is 1.95 bits per heavy atom. The van der Waals surface area contributed by atoms with Crippen molar-refractivity contribution < 1.29 is 14.3 Å². The molecule has 0 bridgehead atoms. The van der Waals surface area contributed by atoms with Crippen LogP contribution in [0.1, 0.15) is 16.1 Å². The van der Waals surface area contributed by atoms with Crippen LogP contribution < -0.4 is 9.88 Å². The maximum absolute atomic E-state index is 12.1. The first kappa shape index (κ1) is 13.7. The Hall–Kier alpha value is -2.76. The number of hydrogen-bond acceptors (Lipinski definition) is 3. The van der Waals surface area contributed by atoms with E-state index in [4.69, 9.17) is 0 Å². The van der Waals surface area contributed by atoms with E-state index >= 15 is 0 Å². The molecule has 1 N–H and O–H groups in total. The number of nitro groups is 1. The number of nitrogens with one attached hydrogen (secondary N) is 1. The second kappa shape index (κ2) is 5.48. The number of benzene rings is 1. The fourth-order valence-corrected chi connectivity index (χ4v) is 1.79. The molecule has 1 heterocycles. The van der Waals surface area contributed by atoms with E-state index < -0.39 is 4.92 Å². The molecule has 0 saturated carbocycles. The van der Waals surface area contributed by atoms with Crippen LogP contribution in [0, 0.1) is 17.0 Å². The second-order valence-electron chi connectivity index (χ2n) is 4.39. The molecule has 2 aromatic rings. The van der Waals surface area contributed by atoms with Gasteiger partial charge in [0.15, 0.2) is 0 Å². The molecular formula is C14H14N3O3+. The normalized spacial score (nSPS) is 10.1. The van der Waals surface area contributed by atoms with E-state index in [9.17, 15) is 14.9 Å². The molecule has 0 atom stereocenters. The van der Waals surface area contributed by atoms with Crippen molar-refractivity contribution in [3.8, 4) is 0 Å². The molecule has 0 saturated heterocycles. The third-order valence-electron chi connectivity index (χ3n) is 3.03. The van der Waals surface area contributed by atoms with E-state index in [0.29, 0.717) is 11.3 Å². The Labute approximate surface area is 115 Å². The van der Waals surface area contributed by atoms with Gasteiger partial charge < -0.3 is 5.32 Å². The zero-order valence-electron chi connectivity index (χ0n) is 11.2. The van der Waals surface area contributed by atoms with Gasteiger partial charge in [0.1, 0.15) is 12.7 Å². The Morgan fingerprint density at radius 3 is 2.55 bits per heavy atom. The van der Waals surface area contributed by atoms with E-state index in [-0.39, 0.29) is 11.6 Å². The molecule has 0 fully saturated rings. The van der Waals surface area contributed by atoms with Crippen LogP contribution in [0.25, 0.3) is 0 Å². The van der Waals surface area contributed by atoms with Gasteiger partial charge in [-0.1, -0.05) is 18.2 Å². The summed E-state index contributed by atoms with van der Waals surface area (Å²) in [4.78, 5) is 22.4. The molecule has 1 aromatic carbocycles. The average molecular weight is 272 g/mol. The van der Waals surface area contributed by atoms with Gasteiger partial charge in [0.05, 0.1) is 11.0 Å². The molecule has 102 valence electrons. The molecule has 0 spiro atoms. The Bertz CT molecular complexity index is 669. The van der Waals surface area contributed by atoms with Gasteiger partial charge in [0.25, 0.3) is 5.91 Å². The number of hydrogen-bond donors (Lipinski definition) is 1. The summed E-state index contributed by atoms with van der Waals surface area (Å²) in [5.41, 5.74) is 1.60. The molecule has 0 unspecified atom stereocenters. The summed E-state index contributed by atoms with van der Waals surface area (Å²) in [6.07, 6.45) is 1.41. The van der Waals surface area contributed by atoms with Gasteiger partial charge in [-0.15, -0.1) is 0 Å². The van der Waals surface area contributed by atoms with Crippen molar-refractivity contribution in [2.75, 3.05) is 5.32 Å². The summed E-state index contributed by atoms with van der Waals surface area (Å²) in [5.74, 6) is -0.297. The molecular weight excluding hydrogens is 258 g/mol. The van der Waals surface area contributed by atoms with E-state index in [1.807, 2.05) is 6.07 Å². The Morgan fingerprint density at radius 1 is 1.30 bits per heavy atom. The largest absolute Gasteiger partial charge is 0.334 e. The number of aryl methyl sites for hydroxylation is 1. The lowest BCUT2D eigenvalue weighted by atomic mass is 10.2. The van der Waals surface area contributed by atoms with Crippen LogP contribution in [0.5, 0.6) is 0 Å². The molecule has 1 aromatic heterocycles. The lowest BCUT2D eigenvalue weighted by Gasteiger charge is -2.06. The SMILES string of the molecule is Cc1c(NC(=O)c2ccccc2)cc([N+](=O)[O-])c[n+]1C. The monoisotopic (exact) mass is 272 g/mol. The first-order valence-corrected chi connectivity index (χ1v) is 6.00. The van der Waals surface area contributed by atoms with Crippen molar-refractivity contribution in [3.05, 3.63) is 64.0 Å². The van der Waals surface area contributed by atoms with Crippen molar-refractivity contribution in [2.24, 2.45) is 7.05 Å². The first-order chi connectivity index (χ1) is 9.49. The highest BCUT2D eigenvalue weighted by Gasteiger charge is 2.19. The molecule has 6 heteroatoms. The van der Waals surface area contributed by atoms with Gasteiger partial charge in [-0.2, -0.15) is 4.57 Å². The summed E-state index contributed by atoms with van der Waals surface area (Å²) < 4.78 is 1.61. The average Bonchev–Trinajstić information content (AvgIpc) is 2.44. The number of nitrogens with zero attached hydrogens (tertiary/aromatic N) is 2. The molecule has 0 radical (unpaired) electrons. The highest BCUT2D eigenvalue weighted by molar-refractivity contribution is 6.04. The highest BCUT2D eigenvalue weighted by Crippen LogP contribution is 2.18. The lowest BCUT2D eigenvalue weighted by molar-refractivity contribution is -0.679. The Kier molecular flexibility index (Phi) is 3.74. The summed E-state index contributed by atoms with van der Waals surface area (Å²) in [7, 11) is 1.69. The molecule has 0 aliphatic rings. The van der Waals surface area contributed by atoms with Gasteiger partial charge in [0, 0.05) is 12.5 Å². The van der Waals surface area contributed by atoms with Gasteiger partial charge in [-0.05, 0) is 12.1 Å². The molecule has 0 aliphatic carbocycles. The van der Waals surface area contributed by atoms with Crippen LogP contribution >= 0.6 is 0 Å². The lowest BCUT2D eigenvalue weighted by Crippen LogP contribution is -2.33. The summed E-state index contributed by atoms with van der Waals surface area (Å²) in [6, 6.07) is 10.1. The number of anilines is 1. The van der Waals surface area contributed by atoms with Crippen LogP contribution in [0.3, 0.4) is 0 Å². The van der Waals surface area contributed by atoms with Crippen LogP contribution in [0.4, 0.5) is 11.4 Å². The van der Waals surface area contributed by atoms with Crippen molar-refractivity contribution >= 4 is 17.3 Å². The fourth-order valence-electron chi connectivity index (χ4n) is 1.79. The number of aromatic nitrogens is 1. The number of carbonyl (C=O) groups excluding carboxylic acids is 1. The van der Waals surface area contributed by atoms with Gasteiger partial charge in [-0.25, -0.2) is 0 Å². The minimum Gasteiger partial charge on any atom is -0.317 e. The maximum Gasteiger partial charge on any atom is 0.334 e. The van der Waals surface area contributed by atoms with Crippen molar-refractivity contribution in [3.63, 3.8) is 0 Å². The summed E-state index contributed by atoms with van der Waals surface area (Å²) in [5, 5.41) is 13.6. The zero-order valence-corrected chi connectivity index (χ0v) is 11.2. The summed E-state index contributed by atoms with van der Waals surface area (Å²) in [6.45, 7) is 1.78. The Balaban J connectivity index is 2.34. The number of pyridine rings is 1. The summed E-state index contributed by atoms with van der Waals surface area (Å²) >= 11 is 0. The van der Waals surface area contributed by atoms with E-state index in [1.165, 1.54) is 12.3 Å². The minimum atomic E-state index is -0.488. The van der Waals surface area contributed by atoms with Crippen LogP contribution in [0.2, 0.25) is 0 Å². The second-order valence-corrected chi connectivity index (χ2v) is 4.39. The molecule has 0 aliphatic heterocycles. The predicted octanol–water partition coefficient (Wildman–Crippen LogP) is 1.98. The number of amides is 1. The van der Waals surface area contributed by atoms with Crippen molar-refractivity contribution in [1.29, 1.82) is 0 Å². The van der Waals surface area contributed by atoms with E-state index in [1.54, 1.807) is 42.8 Å². The van der Waals surface area contributed by atoms with E-state index in [2.05, 4.69) is 5.32 Å². The quantitative estimate of drug-likeness (QED) is 0.527. The number of rotatable bonds is 3. The molecule has 1 amide bonds. The van der Waals surface area contributed by atoms with Crippen LogP contribution in [0.15, 0.2) is 42.6 Å². The van der Waals surface area contributed by atoms with Gasteiger partial charge in [0.2, 0.25) is 11.9 Å². The topological polar surface area (TPSA) is 76.1 Å².